The van der Waals surface area contributed by atoms with Crippen LogP contribution in [0.2, 0.25) is 0 Å². The number of nitrogens with zero attached hydrogens (tertiary/aromatic N) is 2. The smallest absolute Gasteiger partial charge is 0.321 e. The Morgan fingerprint density at radius 2 is 1.76 bits per heavy atom. The minimum absolute atomic E-state index is 0.0798. The van der Waals surface area contributed by atoms with Crippen molar-refractivity contribution >= 4 is 17.6 Å². The van der Waals surface area contributed by atoms with Crippen LogP contribution in [0.25, 0.3) is 0 Å². The molecule has 0 spiro atoms. The fourth-order valence-electron chi connectivity index (χ4n) is 3.96. The monoisotopic (exact) mass is 343 g/mol. The fourth-order valence-corrected chi connectivity index (χ4v) is 3.96. The molecule has 0 saturated carbocycles. The van der Waals surface area contributed by atoms with E-state index in [0.29, 0.717) is 32.8 Å². The molecule has 1 aromatic rings. The number of aryl methyl sites for hydroxylation is 2. The Balaban J connectivity index is 1.30. The number of ether oxygens (including phenoxy) is 1. The Kier molecular flexibility index (Phi) is 4.61. The van der Waals surface area contributed by atoms with E-state index < -0.39 is 0 Å². The van der Waals surface area contributed by atoms with Crippen LogP contribution in [0.4, 0.5) is 10.5 Å². The molecule has 1 atom stereocenters. The summed E-state index contributed by atoms with van der Waals surface area (Å²) >= 11 is 0. The minimum atomic E-state index is -0.271. The molecule has 6 nitrogen and oxygen atoms in total. The van der Waals surface area contributed by atoms with Crippen molar-refractivity contribution in [1.82, 2.24) is 9.80 Å². The summed E-state index contributed by atoms with van der Waals surface area (Å²) in [4.78, 5) is 28.5. The Bertz CT molecular complexity index is 662. The number of rotatable bonds is 2. The van der Waals surface area contributed by atoms with Gasteiger partial charge in [-0.2, -0.15) is 0 Å². The number of benzene rings is 1. The van der Waals surface area contributed by atoms with Crippen LogP contribution in [0, 0.1) is 0 Å². The van der Waals surface area contributed by atoms with Crippen LogP contribution < -0.4 is 5.32 Å². The maximum absolute atomic E-state index is 12.5. The summed E-state index contributed by atoms with van der Waals surface area (Å²) in [6, 6.07) is 6.12. The number of hydrogen-bond acceptors (Lipinski definition) is 3. The number of piperazine rings is 1. The lowest BCUT2D eigenvalue weighted by Crippen LogP contribution is -2.53. The average molecular weight is 343 g/mol. The van der Waals surface area contributed by atoms with Gasteiger partial charge in [0.05, 0.1) is 0 Å². The van der Waals surface area contributed by atoms with E-state index in [-0.39, 0.29) is 18.0 Å². The van der Waals surface area contributed by atoms with E-state index in [9.17, 15) is 9.59 Å². The van der Waals surface area contributed by atoms with E-state index in [4.69, 9.17) is 4.74 Å². The van der Waals surface area contributed by atoms with Crippen molar-refractivity contribution in [2.45, 2.75) is 38.2 Å². The zero-order chi connectivity index (χ0) is 17.2. The Labute approximate surface area is 148 Å². The zero-order valence-corrected chi connectivity index (χ0v) is 14.5. The van der Waals surface area contributed by atoms with Gasteiger partial charge in [0.2, 0.25) is 0 Å². The molecule has 6 heteroatoms. The summed E-state index contributed by atoms with van der Waals surface area (Å²) in [7, 11) is 0. The van der Waals surface area contributed by atoms with Crippen LogP contribution in [-0.2, 0) is 22.4 Å². The molecule has 0 radical (unpaired) electrons. The molecule has 25 heavy (non-hydrogen) atoms. The number of carbonyl (C=O) groups is 2. The third-order valence-corrected chi connectivity index (χ3v) is 5.43. The average Bonchev–Trinajstić information content (AvgIpc) is 3.32. The summed E-state index contributed by atoms with van der Waals surface area (Å²) in [5.74, 6) is 0.0798. The lowest BCUT2D eigenvalue weighted by molar-refractivity contribution is -0.142. The minimum Gasteiger partial charge on any atom is -0.368 e. The highest BCUT2D eigenvalue weighted by molar-refractivity contribution is 5.90. The Morgan fingerprint density at radius 1 is 1.00 bits per heavy atom. The molecule has 0 bridgehead atoms. The standard InChI is InChI=1S/C19H25N3O3/c23-18(17-5-2-12-25-17)21-8-10-22(11-9-21)19(24)20-16-7-6-14-3-1-4-15(14)13-16/h6-7,13,17H,1-5,8-12H2,(H,20,24)/t17-/m1/s1. The van der Waals surface area contributed by atoms with E-state index in [1.807, 2.05) is 11.0 Å². The highest BCUT2D eigenvalue weighted by Crippen LogP contribution is 2.25. The molecule has 1 aliphatic carbocycles. The van der Waals surface area contributed by atoms with E-state index in [0.717, 1.165) is 31.4 Å². The number of hydrogen-bond donors (Lipinski definition) is 1. The Morgan fingerprint density at radius 3 is 2.52 bits per heavy atom. The van der Waals surface area contributed by atoms with Gasteiger partial charge >= 0.3 is 6.03 Å². The predicted molar refractivity (Wildman–Crippen MR) is 94.6 cm³/mol. The van der Waals surface area contributed by atoms with Gasteiger partial charge in [-0.3, -0.25) is 4.79 Å². The number of anilines is 1. The number of amides is 3. The number of urea groups is 1. The molecule has 134 valence electrons. The lowest BCUT2D eigenvalue weighted by Gasteiger charge is -2.35. The van der Waals surface area contributed by atoms with Gasteiger partial charge in [0.1, 0.15) is 6.10 Å². The van der Waals surface area contributed by atoms with Gasteiger partial charge in [0, 0.05) is 38.5 Å². The fraction of sp³-hybridized carbons (Fsp3) is 0.579. The van der Waals surface area contributed by atoms with E-state index in [2.05, 4.69) is 17.4 Å². The quantitative estimate of drug-likeness (QED) is 0.894. The molecule has 3 aliphatic rings. The first-order valence-electron chi connectivity index (χ1n) is 9.29. The third kappa shape index (κ3) is 3.49. The summed E-state index contributed by atoms with van der Waals surface area (Å²) in [6.45, 7) is 2.97. The lowest BCUT2D eigenvalue weighted by atomic mass is 10.1. The van der Waals surface area contributed by atoms with E-state index in [1.54, 1.807) is 4.90 Å². The molecule has 1 aromatic carbocycles. The molecule has 0 unspecified atom stereocenters. The van der Waals surface area contributed by atoms with Crippen LogP contribution in [-0.4, -0.2) is 60.6 Å². The van der Waals surface area contributed by atoms with Gasteiger partial charge in [0.25, 0.3) is 5.91 Å². The Hall–Kier alpha value is -2.08. The molecule has 4 rings (SSSR count). The van der Waals surface area contributed by atoms with Gasteiger partial charge in [-0.25, -0.2) is 4.79 Å². The van der Waals surface area contributed by atoms with Crippen molar-refractivity contribution in [3.05, 3.63) is 29.3 Å². The largest absolute Gasteiger partial charge is 0.368 e. The molecule has 2 heterocycles. The molecule has 1 N–H and O–H groups in total. The van der Waals surface area contributed by atoms with E-state index in [1.165, 1.54) is 17.5 Å². The van der Waals surface area contributed by atoms with Crippen molar-refractivity contribution < 1.29 is 14.3 Å². The molecular formula is C19H25N3O3. The molecule has 3 amide bonds. The van der Waals surface area contributed by atoms with Crippen molar-refractivity contribution in [3.63, 3.8) is 0 Å². The van der Waals surface area contributed by atoms with Gasteiger partial charge in [0.15, 0.2) is 0 Å². The third-order valence-electron chi connectivity index (χ3n) is 5.43. The second kappa shape index (κ2) is 7.04. The summed E-state index contributed by atoms with van der Waals surface area (Å²) < 4.78 is 5.47. The summed E-state index contributed by atoms with van der Waals surface area (Å²) in [5, 5.41) is 3.00. The van der Waals surface area contributed by atoms with Crippen molar-refractivity contribution in [1.29, 1.82) is 0 Å². The first-order valence-corrected chi connectivity index (χ1v) is 9.29. The highest BCUT2D eigenvalue weighted by Gasteiger charge is 2.31. The van der Waals surface area contributed by atoms with Gasteiger partial charge < -0.3 is 19.9 Å². The number of nitrogens with one attached hydrogen (secondary N) is 1. The first-order chi connectivity index (χ1) is 12.2. The van der Waals surface area contributed by atoms with Gasteiger partial charge in [-0.15, -0.1) is 0 Å². The van der Waals surface area contributed by atoms with Gasteiger partial charge in [-0.1, -0.05) is 6.07 Å². The summed E-state index contributed by atoms with van der Waals surface area (Å²) in [6.07, 6.45) is 4.95. The van der Waals surface area contributed by atoms with E-state index >= 15 is 0 Å². The molecule has 0 aromatic heterocycles. The van der Waals surface area contributed by atoms with Crippen molar-refractivity contribution in [2.24, 2.45) is 0 Å². The SMILES string of the molecule is O=C(Nc1ccc2c(c1)CCC2)N1CCN(C(=O)[C@H]2CCCO2)CC1. The van der Waals surface area contributed by atoms with Crippen LogP contribution in [0.1, 0.15) is 30.4 Å². The van der Waals surface area contributed by atoms with Crippen LogP contribution in [0.5, 0.6) is 0 Å². The second-order valence-electron chi connectivity index (χ2n) is 7.08. The first kappa shape index (κ1) is 16.4. The molecule has 2 fully saturated rings. The van der Waals surface area contributed by atoms with Crippen molar-refractivity contribution in [2.75, 3.05) is 38.1 Å². The highest BCUT2D eigenvalue weighted by atomic mass is 16.5. The second-order valence-corrected chi connectivity index (χ2v) is 7.08. The maximum atomic E-state index is 12.5. The molecule has 2 aliphatic heterocycles. The van der Waals surface area contributed by atoms with Crippen LogP contribution in [0.3, 0.4) is 0 Å². The number of carbonyl (C=O) groups excluding carboxylic acids is 2. The normalized spacial score (nSPS) is 22.8. The predicted octanol–water partition coefficient (Wildman–Crippen LogP) is 2.03. The number of fused-ring (bicyclic) bond motifs is 1. The van der Waals surface area contributed by atoms with Crippen LogP contribution >= 0.6 is 0 Å². The van der Waals surface area contributed by atoms with Crippen molar-refractivity contribution in [3.8, 4) is 0 Å². The zero-order valence-electron chi connectivity index (χ0n) is 14.5. The topological polar surface area (TPSA) is 61.9 Å². The molecule has 2 saturated heterocycles. The van der Waals surface area contributed by atoms with Crippen LogP contribution in [0.15, 0.2) is 18.2 Å². The summed E-state index contributed by atoms with van der Waals surface area (Å²) in [5.41, 5.74) is 3.62. The maximum Gasteiger partial charge on any atom is 0.321 e. The van der Waals surface area contributed by atoms with Gasteiger partial charge in [-0.05, 0) is 55.4 Å². The molecular weight excluding hydrogens is 318 g/mol.